The van der Waals surface area contributed by atoms with E-state index in [9.17, 15) is 18.0 Å². The maximum absolute atomic E-state index is 13.4. The van der Waals surface area contributed by atoms with Crippen LogP contribution in [-0.2, 0) is 13.6 Å². The summed E-state index contributed by atoms with van der Waals surface area (Å²) in [5.41, 5.74) is 4.25. The Labute approximate surface area is 224 Å². The third kappa shape index (κ3) is 6.59. The lowest BCUT2D eigenvalue weighted by Crippen LogP contribution is -2.48. The standard InChI is InChI=1S/C30H27F3N4O2/c1-35-27-17-22(4-5-23-3-2-12-34-19-23)6-9-25(27)18-28(35)29(38)37-15-13-36(14-16-37)20-24-7-10-26(11-8-24)39-21-30(31,32)33/h2-3,6-12,17-19H,13-16,20-21H2,1H3. The van der Waals surface area contributed by atoms with E-state index in [4.69, 9.17) is 4.74 Å². The second-order valence-corrected chi connectivity index (χ2v) is 9.47. The molecule has 2 aromatic carbocycles. The van der Waals surface area contributed by atoms with Gasteiger partial charge < -0.3 is 14.2 Å². The van der Waals surface area contributed by atoms with Crippen molar-refractivity contribution >= 4 is 16.8 Å². The van der Waals surface area contributed by atoms with Crippen LogP contribution in [0.4, 0.5) is 13.2 Å². The Kier molecular flexibility index (Phi) is 7.57. The summed E-state index contributed by atoms with van der Waals surface area (Å²) in [6.07, 6.45) is -0.931. The lowest BCUT2D eigenvalue weighted by Gasteiger charge is -2.34. The molecule has 2 aromatic heterocycles. The minimum Gasteiger partial charge on any atom is -0.484 e. The Balaban J connectivity index is 1.19. The van der Waals surface area contributed by atoms with Gasteiger partial charge in [0.15, 0.2) is 6.61 Å². The number of piperazine rings is 1. The third-order valence-corrected chi connectivity index (χ3v) is 6.67. The van der Waals surface area contributed by atoms with Crippen LogP contribution in [0, 0.1) is 11.8 Å². The van der Waals surface area contributed by atoms with Gasteiger partial charge in [-0.05, 0) is 48.0 Å². The minimum absolute atomic E-state index is 0.0116. The molecule has 1 aliphatic heterocycles. The summed E-state index contributed by atoms with van der Waals surface area (Å²) in [6, 6.07) is 18.3. The first kappa shape index (κ1) is 26.3. The minimum atomic E-state index is -4.36. The number of aryl methyl sites for hydroxylation is 1. The zero-order valence-corrected chi connectivity index (χ0v) is 21.4. The third-order valence-electron chi connectivity index (χ3n) is 6.67. The van der Waals surface area contributed by atoms with Crippen LogP contribution in [0.3, 0.4) is 0 Å². The summed E-state index contributed by atoms with van der Waals surface area (Å²) >= 11 is 0. The molecule has 1 fully saturated rings. The zero-order chi connectivity index (χ0) is 27.4. The van der Waals surface area contributed by atoms with Crippen LogP contribution in [0.25, 0.3) is 10.9 Å². The number of ether oxygens (including phenoxy) is 1. The van der Waals surface area contributed by atoms with E-state index in [1.54, 1.807) is 36.7 Å². The maximum Gasteiger partial charge on any atom is 0.422 e. The molecule has 0 bridgehead atoms. The molecule has 1 aliphatic rings. The van der Waals surface area contributed by atoms with Crippen LogP contribution >= 0.6 is 0 Å². The van der Waals surface area contributed by atoms with Gasteiger partial charge in [0.1, 0.15) is 11.4 Å². The molecule has 0 radical (unpaired) electrons. The average Bonchev–Trinajstić information content (AvgIpc) is 3.27. The number of alkyl halides is 3. The first-order chi connectivity index (χ1) is 18.7. The zero-order valence-electron chi connectivity index (χ0n) is 21.4. The van der Waals surface area contributed by atoms with Crippen molar-refractivity contribution in [2.45, 2.75) is 12.7 Å². The monoisotopic (exact) mass is 532 g/mol. The van der Waals surface area contributed by atoms with Gasteiger partial charge in [0.05, 0.1) is 0 Å². The molecule has 5 rings (SSSR count). The van der Waals surface area contributed by atoms with Crippen molar-refractivity contribution in [1.29, 1.82) is 0 Å². The predicted octanol–water partition coefficient (Wildman–Crippen LogP) is 4.87. The summed E-state index contributed by atoms with van der Waals surface area (Å²) < 4.78 is 43.7. The highest BCUT2D eigenvalue weighted by Crippen LogP contribution is 2.23. The van der Waals surface area contributed by atoms with Crippen LogP contribution in [-0.4, -0.2) is 64.2 Å². The Hall–Kier alpha value is -4.29. The molecule has 0 aliphatic carbocycles. The Morgan fingerprint density at radius 2 is 1.72 bits per heavy atom. The molecule has 200 valence electrons. The molecule has 0 atom stereocenters. The van der Waals surface area contributed by atoms with Gasteiger partial charge in [0, 0.05) is 74.2 Å². The molecular formula is C30H27F3N4O2. The summed E-state index contributed by atoms with van der Waals surface area (Å²) in [4.78, 5) is 21.5. The average molecular weight is 533 g/mol. The second-order valence-electron chi connectivity index (χ2n) is 9.47. The van der Waals surface area contributed by atoms with Crippen molar-refractivity contribution in [3.05, 3.63) is 95.4 Å². The molecule has 4 aromatic rings. The molecule has 3 heterocycles. The number of carbonyl (C=O) groups excluding carboxylic acids is 1. The van der Waals surface area contributed by atoms with E-state index >= 15 is 0 Å². The number of fused-ring (bicyclic) bond motifs is 1. The number of hydrogen-bond donors (Lipinski definition) is 0. The number of benzene rings is 2. The number of halogens is 3. The van der Waals surface area contributed by atoms with Gasteiger partial charge in [0.25, 0.3) is 5.91 Å². The highest BCUT2D eigenvalue weighted by Gasteiger charge is 2.28. The number of pyridine rings is 1. The fraction of sp³-hybridized carbons (Fsp3) is 0.267. The van der Waals surface area contributed by atoms with Gasteiger partial charge in [-0.2, -0.15) is 13.2 Å². The number of nitrogens with zero attached hydrogens (tertiary/aromatic N) is 4. The van der Waals surface area contributed by atoms with Crippen molar-refractivity contribution in [2.75, 3.05) is 32.8 Å². The Morgan fingerprint density at radius 3 is 2.41 bits per heavy atom. The molecule has 0 N–H and O–H groups in total. The van der Waals surface area contributed by atoms with Gasteiger partial charge in [-0.25, -0.2) is 0 Å². The quantitative estimate of drug-likeness (QED) is 0.344. The fourth-order valence-electron chi connectivity index (χ4n) is 4.58. The van der Waals surface area contributed by atoms with Crippen LogP contribution in [0.2, 0.25) is 0 Å². The van der Waals surface area contributed by atoms with Crippen LogP contribution < -0.4 is 4.74 Å². The Bertz CT molecular complexity index is 1510. The topological polar surface area (TPSA) is 50.6 Å². The number of rotatable bonds is 5. The maximum atomic E-state index is 13.4. The first-order valence-electron chi connectivity index (χ1n) is 12.6. The van der Waals surface area contributed by atoms with Crippen molar-refractivity contribution in [3.63, 3.8) is 0 Å². The van der Waals surface area contributed by atoms with E-state index < -0.39 is 12.8 Å². The highest BCUT2D eigenvalue weighted by molar-refractivity contribution is 5.99. The SMILES string of the molecule is Cn1c(C(=O)N2CCN(Cc3ccc(OCC(F)(F)F)cc3)CC2)cc2ccc(C#Cc3cccnc3)cc21. The van der Waals surface area contributed by atoms with Crippen molar-refractivity contribution in [1.82, 2.24) is 19.4 Å². The van der Waals surface area contributed by atoms with E-state index in [0.29, 0.717) is 38.4 Å². The normalized spacial score (nSPS) is 14.2. The van der Waals surface area contributed by atoms with Crippen molar-refractivity contribution < 1.29 is 22.7 Å². The highest BCUT2D eigenvalue weighted by atomic mass is 19.4. The van der Waals surface area contributed by atoms with Crippen molar-refractivity contribution in [2.24, 2.45) is 7.05 Å². The van der Waals surface area contributed by atoms with Gasteiger partial charge in [0.2, 0.25) is 0 Å². The summed E-state index contributed by atoms with van der Waals surface area (Å²) in [6.45, 7) is 1.94. The fourth-order valence-corrected chi connectivity index (χ4v) is 4.58. The molecule has 9 heteroatoms. The van der Waals surface area contributed by atoms with Crippen molar-refractivity contribution in [3.8, 4) is 17.6 Å². The van der Waals surface area contributed by atoms with Gasteiger partial charge in [-0.1, -0.05) is 30.0 Å². The Morgan fingerprint density at radius 1 is 0.974 bits per heavy atom. The summed E-state index contributed by atoms with van der Waals surface area (Å²) in [5.74, 6) is 6.46. The molecule has 0 spiro atoms. The van der Waals surface area contributed by atoms with E-state index in [-0.39, 0.29) is 11.7 Å². The van der Waals surface area contributed by atoms with E-state index in [1.165, 1.54) is 0 Å². The molecule has 6 nitrogen and oxygen atoms in total. The predicted molar refractivity (Wildman–Crippen MR) is 142 cm³/mol. The van der Waals surface area contributed by atoms with Crippen LogP contribution in [0.15, 0.2) is 73.1 Å². The molecule has 1 saturated heterocycles. The van der Waals surface area contributed by atoms with Gasteiger partial charge in [-0.15, -0.1) is 0 Å². The number of aromatic nitrogens is 2. The van der Waals surface area contributed by atoms with Crippen LogP contribution in [0.1, 0.15) is 27.2 Å². The first-order valence-corrected chi connectivity index (χ1v) is 12.6. The van der Waals surface area contributed by atoms with E-state index in [1.807, 2.05) is 52.9 Å². The number of hydrogen-bond acceptors (Lipinski definition) is 4. The molecular weight excluding hydrogens is 505 g/mol. The largest absolute Gasteiger partial charge is 0.484 e. The van der Waals surface area contributed by atoms with E-state index in [0.717, 1.165) is 27.6 Å². The number of carbonyl (C=O) groups is 1. The molecule has 39 heavy (non-hydrogen) atoms. The molecule has 0 unspecified atom stereocenters. The second kappa shape index (κ2) is 11.2. The van der Waals surface area contributed by atoms with Gasteiger partial charge in [-0.3, -0.25) is 14.7 Å². The van der Waals surface area contributed by atoms with E-state index in [2.05, 4.69) is 21.7 Å². The number of amides is 1. The lowest BCUT2D eigenvalue weighted by atomic mass is 10.1. The molecule has 0 saturated carbocycles. The van der Waals surface area contributed by atoms with Gasteiger partial charge >= 0.3 is 6.18 Å². The van der Waals surface area contributed by atoms with Crippen LogP contribution in [0.5, 0.6) is 5.75 Å². The summed E-state index contributed by atoms with van der Waals surface area (Å²) in [5, 5.41) is 0.981. The molecule has 1 amide bonds. The summed E-state index contributed by atoms with van der Waals surface area (Å²) in [7, 11) is 1.90. The smallest absolute Gasteiger partial charge is 0.422 e. The lowest BCUT2D eigenvalue weighted by molar-refractivity contribution is -0.153.